The molecule has 0 aliphatic rings. The van der Waals surface area contributed by atoms with E-state index >= 15 is 0 Å². The molecule has 0 radical (unpaired) electrons. The number of benzene rings is 2. The lowest BCUT2D eigenvalue weighted by molar-refractivity contribution is -0.116. The fourth-order valence-electron chi connectivity index (χ4n) is 2.60. The summed E-state index contributed by atoms with van der Waals surface area (Å²) in [7, 11) is 1.61. The van der Waals surface area contributed by atoms with Gasteiger partial charge in [-0.2, -0.15) is 0 Å². The number of fused-ring (bicyclic) bond motifs is 1. The van der Waals surface area contributed by atoms with Gasteiger partial charge in [-0.3, -0.25) is 4.79 Å². The minimum atomic E-state index is -0.365. The second-order valence-corrected chi connectivity index (χ2v) is 5.90. The van der Waals surface area contributed by atoms with Crippen LogP contribution in [-0.2, 0) is 11.3 Å². The number of ether oxygens (including phenoxy) is 1. The summed E-state index contributed by atoms with van der Waals surface area (Å²) in [5.41, 5.74) is 2.86. The lowest BCUT2D eigenvalue weighted by atomic mass is 10.1. The first-order valence-electron chi connectivity index (χ1n) is 8.18. The second-order valence-electron chi connectivity index (χ2n) is 5.90. The van der Waals surface area contributed by atoms with E-state index in [0.717, 1.165) is 27.8 Å². The fraction of sp³-hybridized carbons (Fsp3) is 0.143. The average molecular weight is 349 g/mol. The monoisotopic (exact) mass is 349 g/mol. The van der Waals surface area contributed by atoms with Crippen LogP contribution < -0.4 is 15.7 Å². The van der Waals surface area contributed by atoms with Crippen molar-refractivity contribution in [2.45, 2.75) is 13.5 Å². The SMILES string of the molecule is COc1ccc(CNC(=O)/C=C/c2ccc3oc(=O)cc(C)c3c2)cc1. The third-order valence-corrected chi connectivity index (χ3v) is 4.03. The van der Waals surface area contributed by atoms with Gasteiger partial charge in [-0.1, -0.05) is 18.2 Å². The van der Waals surface area contributed by atoms with Crippen LogP contribution in [0.4, 0.5) is 0 Å². The Bertz CT molecular complexity index is 1020. The van der Waals surface area contributed by atoms with Crippen molar-refractivity contribution in [1.29, 1.82) is 0 Å². The maximum absolute atomic E-state index is 12.0. The van der Waals surface area contributed by atoms with Crippen molar-refractivity contribution in [2.24, 2.45) is 0 Å². The molecule has 1 aromatic heterocycles. The Morgan fingerprint density at radius 2 is 1.92 bits per heavy atom. The van der Waals surface area contributed by atoms with Crippen LogP contribution in [0, 0.1) is 6.92 Å². The van der Waals surface area contributed by atoms with E-state index in [9.17, 15) is 9.59 Å². The number of amides is 1. The minimum Gasteiger partial charge on any atom is -0.497 e. The van der Waals surface area contributed by atoms with E-state index in [1.807, 2.05) is 37.3 Å². The zero-order valence-corrected chi connectivity index (χ0v) is 14.6. The Labute approximate surface area is 150 Å². The van der Waals surface area contributed by atoms with Crippen molar-refractivity contribution in [2.75, 3.05) is 7.11 Å². The van der Waals surface area contributed by atoms with Crippen LogP contribution in [0.25, 0.3) is 17.0 Å². The Morgan fingerprint density at radius 3 is 2.65 bits per heavy atom. The lowest BCUT2D eigenvalue weighted by Crippen LogP contribution is -2.20. The smallest absolute Gasteiger partial charge is 0.336 e. The maximum Gasteiger partial charge on any atom is 0.336 e. The van der Waals surface area contributed by atoms with Crippen LogP contribution in [-0.4, -0.2) is 13.0 Å². The largest absolute Gasteiger partial charge is 0.497 e. The van der Waals surface area contributed by atoms with Gasteiger partial charge in [0.05, 0.1) is 7.11 Å². The van der Waals surface area contributed by atoms with Crippen LogP contribution in [0.15, 0.2) is 63.8 Å². The highest BCUT2D eigenvalue weighted by Crippen LogP contribution is 2.19. The first-order valence-corrected chi connectivity index (χ1v) is 8.18. The summed E-state index contributed by atoms with van der Waals surface area (Å²) in [5, 5.41) is 3.69. The Balaban J connectivity index is 1.65. The standard InChI is InChI=1S/C21H19NO4/c1-14-11-21(24)26-19-9-5-15(12-18(14)19)6-10-20(23)22-13-16-3-7-17(25-2)8-4-16/h3-12H,13H2,1-2H3,(H,22,23)/b10-6+. The molecule has 3 aromatic rings. The predicted octanol–water partition coefficient (Wildman–Crippen LogP) is 3.44. The zero-order chi connectivity index (χ0) is 18.5. The molecule has 132 valence electrons. The molecule has 5 heteroatoms. The molecule has 0 saturated heterocycles. The fourth-order valence-corrected chi connectivity index (χ4v) is 2.60. The molecule has 0 bridgehead atoms. The number of hydrogen-bond acceptors (Lipinski definition) is 4. The summed E-state index contributed by atoms with van der Waals surface area (Å²) in [5.74, 6) is 0.597. The van der Waals surface area contributed by atoms with E-state index in [1.165, 1.54) is 12.1 Å². The summed E-state index contributed by atoms with van der Waals surface area (Å²) in [4.78, 5) is 23.4. The van der Waals surface area contributed by atoms with Gasteiger partial charge in [-0.25, -0.2) is 4.79 Å². The topological polar surface area (TPSA) is 68.5 Å². The molecule has 2 aromatic carbocycles. The summed E-state index contributed by atoms with van der Waals surface area (Å²) < 4.78 is 10.3. The number of hydrogen-bond donors (Lipinski definition) is 1. The highest BCUT2D eigenvalue weighted by Gasteiger charge is 2.03. The first-order chi connectivity index (χ1) is 12.5. The van der Waals surface area contributed by atoms with Gasteiger partial charge in [0.1, 0.15) is 11.3 Å². The zero-order valence-electron chi connectivity index (χ0n) is 14.6. The highest BCUT2D eigenvalue weighted by molar-refractivity contribution is 5.92. The van der Waals surface area contributed by atoms with Crippen LogP contribution in [0.2, 0.25) is 0 Å². The van der Waals surface area contributed by atoms with Crippen molar-refractivity contribution in [3.05, 3.63) is 81.7 Å². The molecule has 1 heterocycles. The van der Waals surface area contributed by atoms with E-state index in [0.29, 0.717) is 12.1 Å². The molecule has 0 fully saturated rings. The van der Waals surface area contributed by atoms with E-state index in [1.54, 1.807) is 25.3 Å². The molecule has 5 nitrogen and oxygen atoms in total. The van der Waals surface area contributed by atoms with E-state index < -0.39 is 0 Å². The predicted molar refractivity (Wildman–Crippen MR) is 101 cm³/mol. The number of rotatable bonds is 5. The highest BCUT2D eigenvalue weighted by atomic mass is 16.5. The van der Waals surface area contributed by atoms with Gasteiger partial charge >= 0.3 is 5.63 Å². The van der Waals surface area contributed by atoms with Crippen molar-refractivity contribution < 1.29 is 13.9 Å². The van der Waals surface area contributed by atoms with Crippen LogP contribution in [0.1, 0.15) is 16.7 Å². The maximum atomic E-state index is 12.0. The first kappa shape index (κ1) is 17.5. The minimum absolute atomic E-state index is 0.183. The summed E-state index contributed by atoms with van der Waals surface area (Å²) in [6.45, 7) is 2.30. The van der Waals surface area contributed by atoms with E-state index in [4.69, 9.17) is 9.15 Å². The molecule has 0 unspecified atom stereocenters. The van der Waals surface area contributed by atoms with Crippen molar-refractivity contribution in [1.82, 2.24) is 5.32 Å². The van der Waals surface area contributed by atoms with Gasteiger partial charge in [0.2, 0.25) is 5.91 Å². The number of carbonyl (C=O) groups is 1. The average Bonchev–Trinajstić information content (AvgIpc) is 2.65. The normalized spacial score (nSPS) is 11.0. The van der Waals surface area contributed by atoms with Crippen LogP contribution >= 0.6 is 0 Å². The lowest BCUT2D eigenvalue weighted by Gasteiger charge is -2.04. The molecule has 0 aliphatic heterocycles. The van der Waals surface area contributed by atoms with Crippen molar-refractivity contribution >= 4 is 23.0 Å². The molecule has 0 aliphatic carbocycles. The molecule has 0 spiro atoms. The van der Waals surface area contributed by atoms with Gasteiger partial charge in [0, 0.05) is 24.1 Å². The van der Waals surface area contributed by atoms with Gasteiger partial charge in [0.25, 0.3) is 0 Å². The third kappa shape index (κ3) is 4.19. The molecule has 1 N–H and O–H groups in total. The van der Waals surface area contributed by atoms with Crippen LogP contribution in [0.3, 0.4) is 0 Å². The van der Waals surface area contributed by atoms with Crippen LogP contribution in [0.5, 0.6) is 5.75 Å². The van der Waals surface area contributed by atoms with E-state index in [2.05, 4.69) is 5.32 Å². The van der Waals surface area contributed by atoms with E-state index in [-0.39, 0.29) is 11.5 Å². The Hall–Kier alpha value is -3.34. The second kappa shape index (κ2) is 7.70. The number of aryl methyl sites for hydroxylation is 1. The summed E-state index contributed by atoms with van der Waals surface area (Å²) in [6.07, 6.45) is 3.21. The molecule has 26 heavy (non-hydrogen) atoms. The number of carbonyl (C=O) groups excluding carboxylic acids is 1. The molecule has 0 saturated carbocycles. The molecule has 3 rings (SSSR count). The van der Waals surface area contributed by atoms with Crippen molar-refractivity contribution in [3.63, 3.8) is 0 Å². The van der Waals surface area contributed by atoms with Gasteiger partial charge in [-0.05, 0) is 54.0 Å². The van der Waals surface area contributed by atoms with Gasteiger partial charge in [0.15, 0.2) is 0 Å². The quantitative estimate of drug-likeness (QED) is 0.566. The van der Waals surface area contributed by atoms with Crippen molar-refractivity contribution in [3.8, 4) is 5.75 Å². The molecule has 0 atom stereocenters. The Kier molecular flexibility index (Phi) is 5.17. The summed E-state index contributed by atoms with van der Waals surface area (Å²) >= 11 is 0. The number of nitrogens with one attached hydrogen (secondary N) is 1. The number of methoxy groups -OCH3 is 1. The summed E-state index contributed by atoms with van der Waals surface area (Å²) in [6, 6.07) is 14.4. The molecular formula is C21H19NO4. The molecule has 1 amide bonds. The van der Waals surface area contributed by atoms with Gasteiger partial charge < -0.3 is 14.5 Å². The third-order valence-electron chi connectivity index (χ3n) is 4.03. The molecular weight excluding hydrogens is 330 g/mol. The van der Waals surface area contributed by atoms with Gasteiger partial charge in [-0.15, -0.1) is 0 Å². The Morgan fingerprint density at radius 1 is 1.15 bits per heavy atom.